The molecular weight excluding hydrogens is 284 g/mol. The monoisotopic (exact) mass is 296 g/mol. The third-order valence-electron chi connectivity index (χ3n) is 2.25. The summed E-state index contributed by atoms with van der Waals surface area (Å²) >= 11 is 2.67. The van der Waals surface area contributed by atoms with Crippen molar-refractivity contribution in [2.75, 3.05) is 6.61 Å². The molecule has 0 fully saturated rings. The van der Waals surface area contributed by atoms with Crippen molar-refractivity contribution in [2.45, 2.75) is 20.8 Å². The van der Waals surface area contributed by atoms with Crippen LogP contribution in [0.15, 0.2) is 5.38 Å². The fourth-order valence-electron chi connectivity index (χ4n) is 1.47. The summed E-state index contributed by atoms with van der Waals surface area (Å²) in [5.41, 5.74) is 0.769. The normalized spacial score (nSPS) is 10.5. The van der Waals surface area contributed by atoms with E-state index in [4.69, 9.17) is 4.74 Å². The van der Waals surface area contributed by atoms with Crippen molar-refractivity contribution in [3.63, 3.8) is 0 Å². The first-order valence-corrected chi connectivity index (χ1v) is 7.34. The Kier molecular flexibility index (Phi) is 4.06. The molecule has 2 aromatic rings. The summed E-state index contributed by atoms with van der Waals surface area (Å²) in [6.45, 7) is 5.26. The van der Waals surface area contributed by atoms with Crippen LogP contribution in [0, 0.1) is 6.92 Å². The van der Waals surface area contributed by atoms with Crippen molar-refractivity contribution in [1.82, 2.24) is 9.97 Å². The van der Waals surface area contributed by atoms with Crippen molar-refractivity contribution in [1.29, 1.82) is 0 Å². The van der Waals surface area contributed by atoms with Crippen molar-refractivity contribution in [3.05, 3.63) is 21.0 Å². The van der Waals surface area contributed by atoms with E-state index in [0.29, 0.717) is 15.6 Å². The number of Topliss-reactive ketones (excluding diaryl/α,β-unsaturated/α-hetero) is 1. The quantitative estimate of drug-likeness (QED) is 0.641. The maximum atomic E-state index is 11.8. The van der Waals surface area contributed by atoms with Crippen LogP contribution in [0.5, 0.6) is 0 Å². The average molecular weight is 296 g/mol. The number of hydrogen-bond acceptors (Lipinski definition) is 7. The molecule has 19 heavy (non-hydrogen) atoms. The summed E-state index contributed by atoms with van der Waals surface area (Å²) in [4.78, 5) is 32.2. The SMILES string of the molecule is CCOC(=O)c1nc(-c2csc(C)n2)sc1C(C)=O. The van der Waals surface area contributed by atoms with Crippen molar-refractivity contribution in [2.24, 2.45) is 0 Å². The predicted octanol–water partition coefficient (Wildman–Crippen LogP) is 2.95. The van der Waals surface area contributed by atoms with Gasteiger partial charge in [-0.15, -0.1) is 22.7 Å². The molecule has 0 radical (unpaired) electrons. The van der Waals surface area contributed by atoms with Crippen LogP contribution in [0.1, 0.15) is 39.0 Å². The van der Waals surface area contributed by atoms with Gasteiger partial charge in [0.15, 0.2) is 11.5 Å². The molecule has 0 unspecified atom stereocenters. The topological polar surface area (TPSA) is 69.2 Å². The van der Waals surface area contributed by atoms with E-state index in [9.17, 15) is 9.59 Å². The maximum absolute atomic E-state index is 11.8. The Balaban J connectivity index is 2.46. The Morgan fingerprint density at radius 3 is 2.63 bits per heavy atom. The second kappa shape index (κ2) is 5.58. The summed E-state index contributed by atoms with van der Waals surface area (Å²) in [6.07, 6.45) is 0. The third-order valence-corrected chi connectivity index (χ3v) is 4.21. The molecule has 0 aliphatic carbocycles. The van der Waals surface area contributed by atoms with Gasteiger partial charge in [-0.3, -0.25) is 4.79 Å². The summed E-state index contributed by atoms with van der Waals surface area (Å²) in [5, 5.41) is 3.33. The Morgan fingerprint density at radius 1 is 1.37 bits per heavy atom. The van der Waals surface area contributed by atoms with E-state index in [2.05, 4.69) is 9.97 Å². The molecule has 0 saturated heterocycles. The predicted molar refractivity (Wildman–Crippen MR) is 73.9 cm³/mol. The molecule has 0 N–H and O–H groups in total. The van der Waals surface area contributed by atoms with Gasteiger partial charge in [-0.05, 0) is 13.8 Å². The van der Waals surface area contributed by atoms with Gasteiger partial charge in [0.05, 0.1) is 11.6 Å². The van der Waals surface area contributed by atoms with Gasteiger partial charge in [0.2, 0.25) is 0 Å². The zero-order valence-corrected chi connectivity index (χ0v) is 12.4. The number of aromatic nitrogens is 2. The number of thiazole rings is 2. The Morgan fingerprint density at radius 2 is 2.11 bits per heavy atom. The van der Waals surface area contributed by atoms with Gasteiger partial charge in [-0.25, -0.2) is 14.8 Å². The fraction of sp³-hybridized carbons (Fsp3) is 0.333. The van der Waals surface area contributed by atoms with E-state index in [1.807, 2.05) is 12.3 Å². The fourth-order valence-corrected chi connectivity index (χ4v) is 3.05. The van der Waals surface area contributed by atoms with Crippen LogP contribution in [-0.4, -0.2) is 28.3 Å². The smallest absolute Gasteiger partial charge is 0.358 e. The van der Waals surface area contributed by atoms with Crippen molar-refractivity contribution in [3.8, 4) is 10.7 Å². The van der Waals surface area contributed by atoms with Gasteiger partial charge in [0.25, 0.3) is 0 Å². The van der Waals surface area contributed by atoms with E-state index in [-0.39, 0.29) is 18.1 Å². The van der Waals surface area contributed by atoms with E-state index < -0.39 is 5.97 Å². The van der Waals surface area contributed by atoms with Gasteiger partial charge in [-0.2, -0.15) is 0 Å². The molecule has 0 atom stereocenters. The largest absolute Gasteiger partial charge is 0.461 e. The highest BCUT2D eigenvalue weighted by atomic mass is 32.1. The van der Waals surface area contributed by atoms with Crippen LogP contribution in [0.4, 0.5) is 0 Å². The molecule has 0 spiro atoms. The molecule has 0 amide bonds. The molecule has 100 valence electrons. The number of ketones is 1. The summed E-state index contributed by atoms with van der Waals surface area (Å²) < 4.78 is 4.91. The van der Waals surface area contributed by atoms with Crippen LogP contribution in [0.2, 0.25) is 0 Å². The number of nitrogens with zero attached hydrogens (tertiary/aromatic N) is 2. The van der Waals surface area contributed by atoms with Gasteiger partial charge in [0, 0.05) is 12.3 Å². The number of carbonyl (C=O) groups is 2. The molecule has 0 saturated carbocycles. The minimum atomic E-state index is -0.567. The number of aryl methyl sites for hydroxylation is 1. The molecule has 2 aromatic heterocycles. The lowest BCUT2D eigenvalue weighted by Crippen LogP contribution is -2.09. The molecule has 0 bridgehead atoms. The van der Waals surface area contributed by atoms with E-state index in [1.165, 1.54) is 29.6 Å². The number of esters is 1. The van der Waals surface area contributed by atoms with Gasteiger partial charge >= 0.3 is 5.97 Å². The van der Waals surface area contributed by atoms with Crippen LogP contribution in [0.25, 0.3) is 10.7 Å². The van der Waals surface area contributed by atoms with Crippen LogP contribution in [0.3, 0.4) is 0 Å². The molecule has 0 aliphatic rings. The van der Waals surface area contributed by atoms with Crippen LogP contribution in [-0.2, 0) is 4.74 Å². The van der Waals surface area contributed by atoms with Gasteiger partial charge in [0.1, 0.15) is 15.6 Å². The molecule has 0 aromatic carbocycles. The van der Waals surface area contributed by atoms with Crippen molar-refractivity contribution < 1.29 is 14.3 Å². The maximum Gasteiger partial charge on any atom is 0.358 e. The molecular formula is C12H12N2O3S2. The highest BCUT2D eigenvalue weighted by Gasteiger charge is 2.23. The minimum Gasteiger partial charge on any atom is -0.461 e. The molecule has 5 nitrogen and oxygen atoms in total. The standard InChI is InChI=1S/C12H12N2O3S2/c1-4-17-12(16)9-10(6(2)15)19-11(14-9)8-5-18-7(3)13-8/h5H,4H2,1-3H3. The lowest BCUT2D eigenvalue weighted by molar-refractivity contribution is 0.0517. The zero-order valence-electron chi connectivity index (χ0n) is 10.7. The second-order valence-corrected chi connectivity index (χ2v) is 5.79. The Hall–Kier alpha value is -1.60. The first-order valence-electron chi connectivity index (χ1n) is 5.64. The van der Waals surface area contributed by atoms with Gasteiger partial charge < -0.3 is 4.74 Å². The lowest BCUT2D eigenvalue weighted by Gasteiger charge is -1.98. The average Bonchev–Trinajstić information content (AvgIpc) is 2.94. The van der Waals surface area contributed by atoms with Crippen molar-refractivity contribution >= 4 is 34.4 Å². The van der Waals surface area contributed by atoms with E-state index in [1.54, 1.807) is 6.92 Å². The first-order chi connectivity index (χ1) is 9.02. The molecule has 2 rings (SSSR count). The van der Waals surface area contributed by atoms with Gasteiger partial charge in [-0.1, -0.05) is 0 Å². The number of carbonyl (C=O) groups excluding carboxylic acids is 2. The first kappa shape index (κ1) is 13.8. The Bertz CT molecular complexity index is 631. The van der Waals surface area contributed by atoms with Crippen LogP contribution >= 0.6 is 22.7 Å². The minimum absolute atomic E-state index is 0.0833. The highest BCUT2D eigenvalue weighted by molar-refractivity contribution is 7.17. The molecule has 2 heterocycles. The van der Waals surface area contributed by atoms with E-state index in [0.717, 1.165) is 5.01 Å². The number of rotatable bonds is 4. The van der Waals surface area contributed by atoms with E-state index >= 15 is 0 Å². The number of ether oxygens (including phenoxy) is 1. The molecule has 0 aliphatic heterocycles. The Labute approximate surface area is 118 Å². The zero-order chi connectivity index (χ0) is 14.0. The third kappa shape index (κ3) is 2.87. The number of hydrogen-bond donors (Lipinski definition) is 0. The molecule has 7 heteroatoms. The summed E-state index contributed by atoms with van der Waals surface area (Å²) in [5.74, 6) is -0.763. The lowest BCUT2D eigenvalue weighted by atomic mass is 10.3. The van der Waals surface area contributed by atoms with Crippen LogP contribution < -0.4 is 0 Å². The summed E-state index contributed by atoms with van der Waals surface area (Å²) in [7, 11) is 0. The summed E-state index contributed by atoms with van der Waals surface area (Å²) in [6, 6.07) is 0. The highest BCUT2D eigenvalue weighted by Crippen LogP contribution is 2.29. The second-order valence-electron chi connectivity index (χ2n) is 3.73.